The topological polar surface area (TPSA) is 65.6 Å². The van der Waals surface area contributed by atoms with Crippen LogP contribution >= 0.6 is 0 Å². The summed E-state index contributed by atoms with van der Waals surface area (Å²) in [6, 6.07) is 5.93. The van der Waals surface area contributed by atoms with Crippen molar-refractivity contribution in [2.75, 3.05) is 39.9 Å². The summed E-state index contributed by atoms with van der Waals surface area (Å²) in [5, 5.41) is 0.258. The number of halogens is 1. The zero-order chi connectivity index (χ0) is 19.0. The van der Waals surface area contributed by atoms with E-state index < -0.39 is 5.82 Å². The predicted octanol–water partition coefficient (Wildman–Crippen LogP) is 1.85. The van der Waals surface area contributed by atoms with Gasteiger partial charge < -0.3 is 14.6 Å². The number of carbonyl (C=O) groups excluding carboxylic acids is 1. The van der Waals surface area contributed by atoms with Gasteiger partial charge in [0.1, 0.15) is 11.5 Å². The number of nitrogens with zero attached hydrogens (tertiary/aromatic N) is 2. The zero-order valence-electron chi connectivity index (χ0n) is 15.4. The van der Waals surface area contributed by atoms with Gasteiger partial charge in [0.2, 0.25) is 0 Å². The Balaban J connectivity index is 1.61. The number of aromatic nitrogens is 1. The smallest absolute Gasteiger partial charge is 0.270 e. The second kappa shape index (κ2) is 7.40. The SMILES string of the molecule is COCCN1C[C@H]2CC[C@@H]1CN(C(=O)c1cc(=O)c3cccc(F)c3[nH]1)C2. The summed E-state index contributed by atoms with van der Waals surface area (Å²) >= 11 is 0. The zero-order valence-corrected chi connectivity index (χ0v) is 15.4. The third kappa shape index (κ3) is 3.49. The van der Waals surface area contributed by atoms with Crippen LogP contribution in [0.5, 0.6) is 0 Å². The van der Waals surface area contributed by atoms with Gasteiger partial charge in [-0.1, -0.05) is 6.07 Å². The molecule has 2 atom stereocenters. The maximum Gasteiger partial charge on any atom is 0.270 e. The number of ether oxygens (including phenoxy) is 1. The number of benzene rings is 1. The average Bonchev–Trinajstić information content (AvgIpc) is 2.98. The molecule has 1 N–H and O–H groups in total. The molecule has 144 valence electrons. The standard InChI is InChI=1S/C20H24FN3O3/c1-27-8-7-23-10-13-5-6-14(23)12-24(11-13)20(26)17-9-18(25)15-3-2-4-16(21)19(15)22-17/h2-4,9,13-14H,5-8,10-12H2,1H3,(H,22,25)/t13-,14-/m1/s1. The maximum atomic E-state index is 14.1. The van der Waals surface area contributed by atoms with Crippen molar-refractivity contribution >= 4 is 16.8 Å². The molecule has 2 aromatic rings. The molecule has 2 bridgehead atoms. The number of piperidine rings is 1. The Labute approximate surface area is 156 Å². The average molecular weight is 373 g/mol. The molecular formula is C20H24FN3O3. The van der Waals surface area contributed by atoms with Crippen molar-refractivity contribution in [1.29, 1.82) is 0 Å². The Bertz CT molecular complexity index is 913. The first kappa shape index (κ1) is 18.1. The van der Waals surface area contributed by atoms with E-state index >= 15 is 0 Å². The van der Waals surface area contributed by atoms with E-state index in [1.807, 2.05) is 4.90 Å². The summed E-state index contributed by atoms with van der Waals surface area (Å²) in [6.07, 6.45) is 2.15. The monoisotopic (exact) mass is 373 g/mol. The van der Waals surface area contributed by atoms with Crippen molar-refractivity contribution in [3.63, 3.8) is 0 Å². The molecule has 6 nitrogen and oxygen atoms in total. The highest BCUT2D eigenvalue weighted by atomic mass is 19.1. The van der Waals surface area contributed by atoms with Crippen LogP contribution in [0.3, 0.4) is 0 Å². The highest BCUT2D eigenvalue weighted by Gasteiger charge is 2.36. The number of para-hydroxylation sites is 1. The van der Waals surface area contributed by atoms with Gasteiger partial charge in [0.25, 0.3) is 5.91 Å². The first-order valence-corrected chi connectivity index (χ1v) is 9.40. The van der Waals surface area contributed by atoms with Gasteiger partial charge in [0.15, 0.2) is 5.43 Å². The molecule has 3 saturated heterocycles. The molecule has 0 saturated carbocycles. The molecule has 3 aliphatic rings. The number of hydrogen-bond donors (Lipinski definition) is 1. The number of nitrogens with one attached hydrogen (secondary N) is 1. The molecule has 1 aromatic heterocycles. The van der Waals surface area contributed by atoms with Gasteiger partial charge >= 0.3 is 0 Å². The summed E-state index contributed by atoms with van der Waals surface area (Å²) in [5.41, 5.74) is -0.0960. The number of rotatable bonds is 4. The maximum absolute atomic E-state index is 14.1. The van der Waals surface area contributed by atoms with Gasteiger partial charge in [-0.2, -0.15) is 0 Å². The summed E-state index contributed by atoms with van der Waals surface area (Å²) in [6.45, 7) is 3.78. The van der Waals surface area contributed by atoms with Gasteiger partial charge in [-0.3, -0.25) is 14.5 Å². The van der Waals surface area contributed by atoms with Crippen molar-refractivity contribution in [2.24, 2.45) is 5.92 Å². The first-order chi connectivity index (χ1) is 13.1. The Morgan fingerprint density at radius 1 is 1.30 bits per heavy atom. The number of aromatic amines is 1. The van der Waals surface area contributed by atoms with Crippen LogP contribution < -0.4 is 5.43 Å². The van der Waals surface area contributed by atoms with Gasteiger partial charge in [0.05, 0.1) is 12.1 Å². The Kier molecular flexibility index (Phi) is 4.97. The molecule has 1 aromatic carbocycles. The normalized spacial score (nSPS) is 23.0. The third-order valence-electron chi connectivity index (χ3n) is 5.74. The second-order valence-corrected chi connectivity index (χ2v) is 7.50. The number of H-pyrrole nitrogens is 1. The van der Waals surface area contributed by atoms with Gasteiger partial charge in [0, 0.05) is 50.8 Å². The van der Waals surface area contributed by atoms with E-state index in [2.05, 4.69) is 9.88 Å². The van der Waals surface area contributed by atoms with Crippen LogP contribution in [0.15, 0.2) is 29.1 Å². The van der Waals surface area contributed by atoms with E-state index in [0.29, 0.717) is 31.7 Å². The van der Waals surface area contributed by atoms with E-state index in [4.69, 9.17) is 4.74 Å². The number of pyridine rings is 1. The van der Waals surface area contributed by atoms with Crippen molar-refractivity contribution in [3.8, 4) is 0 Å². The lowest BCUT2D eigenvalue weighted by molar-refractivity contribution is 0.0713. The minimum Gasteiger partial charge on any atom is -0.383 e. The summed E-state index contributed by atoms with van der Waals surface area (Å²) in [4.78, 5) is 32.5. The first-order valence-electron chi connectivity index (χ1n) is 9.40. The van der Waals surface area contributed by atoms with Crippen LogP contribution in [-0.2, 0) is 4.74 Å². The fourth-order valence-corrected chi connectivity index (χ4v) is 4.35. The molecule has 3 aliphatic heterocycles. The lowest BCUT2D eigenvalue weighted by Gasteiger charge is -2.35. The quantitative estimate of drug-likeness (QED) is 0.888. The number of carbonyl (C=O) groups is 1. The van der Waals surface area contributed by atoms with Gasteiger partial charge in [-0.25, -0.2) is 4.39 Å². The largest absolute Gasteiger partial charge is 0.383 e. The highest BCUT2D eigenvalue weighted by Crippen LogP contribution is 2.28. The van der Waals surface area contributed by atoms with Gasteiger partial charge in [-0.05, 0) is 30.9 Å². The van der Waals surface area contributed by atoms with Crippen LogP contribution in [0.1, 0.15) is 23.3 Å². The van der Waals surface area contributed by atoms with Crippen LogP contribution in [0.25, 0.3) is 10.9 Å². The van der Waals surface area contributed by atoms with Crippen LogP contribution in [0.4, 0.5) is 4.39 Å². The molecule has 4 heterocycles. The fraction of sp³-hybridized carbons (Fsp3) is 0.500. The molecule has 0 radical (unpaired) electrons. The molecule has 1 amide bonds. The molecular weight excluding hydrogens is 349 g/mol. The minimum atomic E-state index is -0.527. The van der Waals surface area contributed by atoms with Gasteiger partial charge in [-0.15, -0.1) is 0 Å². The molecule has 0 unspecified atom stereocenters. The van der Waals surface area contributed by atoms with Crippen molar-refractivity contribution < 1.29 is 13.9 Å². The third-order valence-corrected chi connectivity index (χ3v) is 5.74. The Morgan fingerprint density at radius 3 is 2.96 bits per heavy atom. The number of methoxy groups -OCH3 is 1. The molecule has 0 spiro atoms. The van der Waals surface area contributed by atoms with E-state index in [0.717, 1.165) is 25.9 Å². The number of fused-ring (bicyclic) bond motifs is 5. The molecule has 5 rings (SSSR count). The molecule has 0 aliphatic carbocycles. The number of hydrogen-bond acceptors (Lipinski definition) is 4. The Hall–Kier alpha value is -2.25. The van der Waals surface area contributed by atoms with Crippen molar-refractivity contribution in [2.45, 2.75) is 18.9 Å². The van der Waals surface area contributed by atoms with Crippen molar-refractivity contribution in [1.82, 2.24) is 14.8 Å². The second-order valence-electron chi connectivity index (χ2n) is 7.50. The molecule has 7 heteroatoms. The van der Waals surface area contributed by atoms with E-state index in [1.165, 1.54) is 18.2 Å². The Morgan fingerprint density at radius 2 is 2.15 bits per heavy atom. The molecule has 27 heavy (non-hydrogen) atoms. The minimum absolute atomic E-state index is 0.0906. The number of amides is 1. The van der Waals surface area contributed by atoms with Crippen LogP contribution in [0, 0.1) is 11.7 Å². The van der Waals surface area contributed by atoms with E-state index in [9.17, 15) is 14.0 Å². The van der Waals surface area contributed by atoms with Crippen LogP contribution in [-0.4, -0.2) is 66.6 Å². The lowest BCUT2D eigenvalue weighted by Crippen LogP contribution is -2.45. The summed E-state index contributed by atoms with van der Waals surface area (Å²) in [7, 11) is 1.70. The fourth-order valence-electron chi connectivity index (χ4n) is 4.35. The lowest BCUT2D eigenvalue weighted by atomic mass is 9.95. The van der Waals surface area contributed by atoms with Crippen LogP contribution in [0.2, 0.25) is 0 Å². The summed E-state index contributed by atoms with van der Waals surface area (Å²) in [5.74, 6) is -0.350. The van der Waals surface area contributed by atoms with Crippen molar-refractivity contribution in [3.05, 3.63) is 46.0 Å². The van der Waals surface area contributed by atoms with E-state index in [-0.39, 0.29) is 27.9 Å². The summed E-state index contributed by atoms with van der Waals surface area (Å²) < 4.78 is 19.3. The molecule has 3 fully saturated rings. The van der Waals surface area contributed by atoms with E-state index in [1.54, 1.807) is 13.2 Å². The highest BCUT2D eigenvalue weighted by molar-refractivity contribution is 5.95. The predicted molar refractivity (Wildman–Crippen MR) is 100 cm³/mol.